The summed E-state index contributed by atoms with van der Waals surface area (Å²) in [5.74, 6) is -1.22. The topological polar surface area (TPSA) is 207 Å². The molecule has 0 spiro atoms. The number of carbonyl (C=O) groups excluding carboxylic acids is 4. The van der Waals surface area contributed by atoms with Crippen LogP contribution in [0.1, 0.15) is 93.4 Å². The first kappa shape index (κ1) is 45.6. The number of allylic oxidation sites excluding steroid dienone is 1. The van der Waals surface area contributed by atoms with Crippen LogP contribution in [0.4, 0.5) is 4.79 Å². The Morgan fingerprint density at radius 1 is 1.03 bits per heavy atom. The first-order chi connectivity index (χ1) is 29.7. The third-order valence-corrected chi connectivity index (χ3v) is 13.9. The maximum atomic E-state index is 15.0. The molecule has 0 bridgehead atoms. The second-order valence-electron chi connectivity index (χ2n) is 19.0. The molecular weight excluding hydrogens is 827 g/mol. The SMILES string of the molecule is COc1ccc2c(O[C@@H]3C[C@H]4C(=O)NC5(C(=O)NS(=O)(=O)C6CC6)CC5/C=C\CC[C@H](C)C[C@@H](C)[C@H](NC(=O)NC(C)(C)C)C(=O)N4C3)nc(-c3ccc(OC(C)C)nc3)cc2c1. The molecule has 3 fully saturated rings. The van der Waals surface area contributed by atoms with Crippen molar-refractivity contribution in [3.63, 3.8) is 0 Å². The van der Waals surface area contributed by atoms with Crippen molar-refractivity contribution in [1.29, 1.82) is 0 Å². The molecule has 4 heterocycles. The molecule has 4 aliphatic rings. The van der Waals surface area contributed by atoms with Gasteiger partial charge in [0.2, 0.25) is 33.6 Å². The monoisotopic (exact) mass is 887 g/mol. The van der Waals surface area contributed by atoms with Gasteiger partial charge in [-0.05, 0) is 121 Å². The number of sulfonamides is 1. The molecule has 1 saturated heterocycles. The zero-order valence-corrected chi connectivity index (χ0v) is 38.2. The van der Waals surface area contributed by atoms with Crippen LogP contribution in [0, 0.1) is 17.8 Å². The Labute approximate surface area is 369 Å². The fourth-order valence-electron chi connectivity index (χ4n) is 8.59. The molecule has 1 aromatic carbocycles. The number of aromatic nitrogens is 2. The Hall–Kier alpha value is -5.45. The van der Waals surface area contributed by atoms with E-state index in [4.69, 9.17) is 19.2 Å². The second-order valence-corrected chi connectivity index (χ2v) is 21.0. The van der Waals surface area contributed by atoms with Crippen LogP contribution < -0.4 is 34.9 Å². The van der Waals surface area contributed by atoms with Gasteiger partial charge in [-0.15, -0.1) is 0 Å². The number of fused-ring (bicyclic) bond motifs is 3. The van der Waals surface area contributed by atoms with Crippen molar-refractivity contribution < 1.29 is 41.8 Å². The molecule has 2 aliphatic carbocycles. The fraction of sp³-hybridized carbons (Fsp3) is 0.565. The lowest BCUT2D eigenvalue weighted by atomic mass is 9.88. The minimum atomic E-state index is -3.93. The molecule has 4 N–H and O–H groups in total. The number of hydrogen-bond acceptors (Lipinski definition) is 11. The molecule has 2 aromatic heterocycles. The Balaban J connectivity index is 1.25. The maximum Gasteiger partial charge on any atom is 0.315 e. The number of nitrogens with one attached hydrogen (secondary N) is 4. The second kappa shape index (κ2) is 18.0. The summed E-state index contributed by atoms with van der Waals surface area (Å²) in [4.78, 5) is 68.1. The average molecular weight is 888 g/mol. The van der Waals surface area contributed by atoms with E-state index >= 15 is 4.79 Å². The predicted molar refractivity (Wildman–Crippen MR) is 237 cm³/mol. The smallest absolute Gasteiger partial charge is 0.315 e. The predicted octanol–water partition coefficient (Wildman–Crippen LogP) is 5.40. The molecular formula is C46H61N7O9S. The van der Waals surface area contributed by atoms with E-state index in [1.54, 1.807) is 25.4 Å². The molecule has 63 heavy (non-hydrogen) atoms. The molecule has 2 aliphatic heterocycles. The number of rotatable bonds is 10. The van der Waals surface area contributed by atoms with Gasteiger partial charge in [-0.25, -0.2) is 23.2 Å². The normalized spacial score (nSPS) is 27.2. The molecule has 340 valence electrons. The van der Waals surface area contributed by atoms with Crippen molar-refractivity contribution in [3.05, 3.63) is 54.7 Å². The Morgan fingerprint density at radius 2 is 1.79 bits per heavy atom. The van der Waals surface area contributed by atoms with Crippen molar-refractivity contribution in [2.45, 2.75) is 134 Å². The molecule has 2 unspecified atom stereocenters. The van der Waals surface area contributed by atoms with E-state index < -0.39 is 74.2 Å². The Bertz CT molecular complexity index is 2360. The quantitative estimate of drug-likeness (QED) is 0.190. The highest BCUT2D eigenvalue weighted by Crippen LogP contribution is 2.46. The van der Waals surface area contributed by atoms with Gasteiger partial charge in [-0.3, -0.25) is 19.1 Å². The first-order valence-corrected chi connectivity index (χ1v) is 23.5. The van der Waals surface area contributed by atoms with Crippen molar-refractivity contribution >= 4 is 44.5 Å². The highest BCUT2D eigenvalue weighted by Gasteiger charge is 2.62. The molecule has 7 rings (SSSR count). The number of pyridine rings is 2. The number of hydrogen-bond donors (Lipinski definition) is 4. The minimum absolute atomic E-state index is 0.00813. The first-order valence-electron chi connectivity index (χ1n) is 22.0. The number of urea groups is 1. The van der Waals surface area contributed by atoms with Gasteiger partial charge in [0.05, 0.1) is 30.7 Å². The lowest BCUT2D eigenvalue weighted by Gasteiger charge is -2.33. The summed E-state index contributed by atoms with van der Waals surface area (Å²) < 4.78 is 46.3. The highest BCUT2D eigenvalue weighted by atomic mass is 32.2. The summed E-state index contributed by atoms with van der Waals surface area (Å²) in [5, 5.41) is 9.55. The van der Waals surface area contributed by atoms with Crippen LogP contribution in [0.3, 0.4) is 0 Å². The van der Waals surface area contributed by atoms with Crippen LogP contribution in [0.5, 0.6) is 17.5 Å². The number of methoxy groups -OCH3 is 1. The lowest BCUT2D eigenvalue weighted by Crippen LogP contribution is -2.60. The lowest BCUT2D eigenvalue weighted by molar-refractivity contribution is -0.142. The summed E-state index contributed by atoms with van der Waals surface area (Å²) in [6.07, 6.45) is 7.84. The van der Waals surface area contributed by atoms with Crippen molar-refractivity contribution in [2.75, 3.05) is 13.7 Å². The molecule has 0 radical (unpaired) electrons. The van der Waals surface area contributed by atoms with E-state index in [2.05, 4.69) is 32.6 Å². The van der Waals surface area contributed by atoms with Gasteiger partial charge >= 0.3 is 6.03 Å². The number of carbonyl (C=O) groups is 4. The summed E-state index contributed by atoms with van der Waals surface area (Å²) in [6.45, 7) is 13.3. The van der Waals surface area contributed by atoms with E-state index in [0.29, 0.717) is 54.0 Å². The third-order valence-electron chi connectivity index (χ3n) is 12.1. The van der Waals surface area contributed by atoms with E-state index in [-0.39, 0.29) is 43.2 Å². The number of nitrogens with zero attached hydrogens (tertiary/aromatic N) is 3. The van der Waals surface area contributed by atoms with Gasteiger partial charge < -0.3 is 35.1 Å². The third kappa shape index (κ3) is 10.7. The van der Waals surface area contributed by atoms with Gasteiger partial charge in [0.15, 0.2) is 0 Å². The zero-order valence-electron chi connectivity index (χ0n) is 37.4. The summed E-state index contributed by atoms with van der Waals surface area (Å²) in [6, 6.07) is 8.30. The van der Waals surface area contributed by atoms with Crippen LogP contribution in [-0.4, -0.2) is 101 Å². The van der Waals surface area contributed by atoms with Crippen LogP contribution in [0.15, 0.2) is 54.7 Å². The molecule has 7 atom stereocenters. The van der Waals surface area contributed by atoms with Crippen molar-refractivity contribution in [1.82, 2.24) is 35.5 Å². The van der Waals surface area contributed by atoms with Crippen molar-refractivity contribution in [2.24, 2.45) is 17.8 Å². The molecule has 5 amide bonds. The standard InChI is InChI=1S/C46H61N7O9S/c1-26(2)61-38-18-13-29(24-47-38)36-21-30-20-32(60-8)14-17-35(30)41(48-36)62-33-22-37-40(54)50-46(43(56)52-63(58,59)34-15-16-34)23-31(46)12-10-9-11-27(3)19-28(4)39(42(55)53(37)25-33)49-44(57)51-45(5,6)7/h10,12-14,17-18,20-21,24,26-28,31,33-34,37,39H,9,11,15-16,19,22-23,25H2,1-8H3,(H,50,54)(H,52,56)(H2,49,51,57)/b12-10-/t27-,28+,31?,33+,37-,39-,46?/m0/s1. The number of benzene rings is 1. The van der Waals surface area contributed by atoms with E-state index in [9.17, 15) is 22.8 Å². The van der Waals surface area contributed by atoms with Crippen LogP contribution >= 0.6 is 0 Å². The number of ether oxygens (including phenoxy) is 3. The van der Waals surface area contributed by atoms with Crippen LogP contribution in [0.2, 0.25) is 0 Å². The average Bonchev–Trinajstić information content (AvgIpc) is 4.14. The zero-order chi connectivity index (χ0) is 45.4. The van der Waals surface area contributed by atoms with E-state index in [1.165, 1.54) is 4.90 Å². The maximum absolute atomic E-state index is 15.0. The summed E-state index contributed by atoms with van der Waals surface area (Å²) >= 11 is 0. The number of amides is 5. The molecule has 2 saturated carbocycles. The molecule has 16 nitrogen and oxygen atoms in total. The molecule has 3 aromatic rings. The Kier molecular flexibility index (Phi) is 13.0. The molecule has 17 heteroatoms. The minimum Gasteiger partial charge on any atom is -0.497 e. The summed E-state index contributed by atoms with van der Waals surface area (Å²) in [5.41, 5.74) is -0.890. The van der Waals surface area contributed by atoms with Gasteiger partial charge in [0.25, 0.3) is 5.91 Å². The van der Waals surface area contributed by atoms with E-state index in [0.717, 1.165) is 11.8 Å². The van der Waals surface area contributed by atoms with Crippen LogP contribution in [-0.2, 0) is 24.4 Å². The fourth-order valence-corrected chi connectivity index (χ4v) is 9.95. The van der Waals surface area contributed by atoms with Gasteiger partial charge in [0, 0.05) is 41.1 Å². The van der Waals surface area contributed by atoms with E-state index in [1.807, 2.05) is 78.0 Å². The van der Waals surface area contributed by atoms with Gasteiger partial charge in [0.1, 0.15) is 29.5 Å². The van der Waals surface area contributed by atoms with Gasteiger partial charge in [-0.1, -0.05) is 26.0 Å². The largest absolute Gasteiger partial charge is 0.497 e. The van der Waals surface area contributed by atoms with Gasteiger partial charge in [-0.2, -0.15) is 0 Å². The highest BCUT2D eigenvalue weighted by molar-refractivity contribution is 7.91. The van der Waals surface area contributed by atoms with Crippen molar-refractivity contribution in [3.8, 4) is 28.8 Å². The van der Waals surface area contributed by atoms with Crippen LogP contribution in [0.25, 0.3) is 22.0 Å². The Morgan fingerprint density at radius 3 is 2.46 bits per heavy atom. The summed E-state index contributed by atoms with van der Waals surface area (Å²) in [7, 11) is -2.35.